The van der Waals surface area contributed by atoms with E-state index in [-0.39, 0.29) is 22.8 Å². The highest BCUT2D eigenvalue weighted by atomic mass is 35.5. The zero-order valence-corrected chi connectivity index (χ0v) is 10.7. The summed E-state index contributed by atoms with van der Waals surface area (Å²) in [7, 11) is -3.53. The molecular formula is C9H14ClN3O3S. The third-order valence-electron chi connectivity index (χ3n) is 2.13. The lowest BCUT2D eigenvalue weighted by molar-refractivity contribution is 0.597. The van der Waals surface area contributed by atoms with Gasteiger partial charge in [-0.1, -0.05) is 6.07 Å². The highest BCUT2D eigenvalue weighted by molar-refractivity contribution is 7.90. The number of halogens is 1. The molecule has 2 rings (SSSR count). The van der Waals surface area contributed by atoms with E-state index in [0.29, 0.717) is 18.1 Å². The first-order chi connectivity index (χ1) is 7.03. The SMILES string of the molecule is CC1=NS(=O)(=O)c2ccc(CN)cc2N1.Cl.O. The molecule has 0 atom stereocenters. The van der Waals surface area contributed by atoms with Crippen molar-refractivity contribution in [2.75, 3.05) is 5.32 Å². The molecule has 1 aromatic rings. The summed E-state index contributed by atoms with van der Waals surface area (Å²) >= 11 is 0. The van der Waals surface area contributed by atoms with Crippen molar-refractivity contribution in [2.45, 2.75) is 18.4 Å². The topological polar surface area (TPSA) is 116 Å². The fourth-order valence-electron chi connectivity index (χ4n) is 1.47. The Morgan fingerprint density at radius 1 is 1.41 bits per heavy atom. The second-order valence-electron chi connectivity index (χ2n) is 3.31. The van der Waals surface area contributed by atoms with E-state index < -0.39 is 10.0 Å². The first-order valence-electron chi connectivity index (χ1n) is 4.44. The van der Waals surface area contributed by atoms with Crippen LogP contribution in [0.3, 0.4) is 0 Å². The number of anilines is 1. The van der Waals surface area contributed by atoms with Gasteiger partial charge in [-0.15, -0.1) is 16.8 Å². The van der Waals surface area contributed by atoms with Crippen LogP contribution in [0.4, 0.5) is 5.69 Å². The van der Waals surface area contributed by atoms with Gasteiger partial charge in [-0.05, 0) is 24.6 Å². The van der Waals surface area contributed by atoms with Crippen LogP contribution in [0.1, 0.15) is 12.5 Å². The highest BCUT2D eigenvalue weighted by Crippen LogP contribution is 2.27. The molecule has 0 amide bonds. The van der Waals surface area contributed by atoms with Crippen molar-refractivity contribution in [3.63, 3.8) is 0 Å². The predicted octanol–water partition coefficient (Wildman–Crippen LogP) is 0.275. The number of hydrogen-bond acceptors (Lipinski definition) is 4. The van der Waals surface area contributed by atoms with Gasteiger partial charge in [0.1, 0.15) is 10.7 Å². The predicted molar refractivity (Wildman–Crippen MR) is 69.1 cm³/mol. The van der Waals surface area contributed by atoms with Crippen LogP contribution in [0.25, 0.3) is 0 Å². The second kappa shape index (κ2) is 5.46. The van der Waals surface area contributed by atoms with E-state index >= 15 is 0 Å². The van der Waals surface area contributed by atoms with Crippen LogP contribution in [0.5, 0.6) is 0 Å². The van der Waals surface area contributed by atoms with Gasteiger partial charge in [0.2, 0.25) is 0 Å². The molecule has 1 aromatic carbocycles. The van der Waals surface area contributed by atoms with Crippen molar-refractivity contribution in [1.29, 1.82) is 0 Å². The Bertz CT molecular complexity index is 542. The van der Waals surface area contributed by atoms with E-state index in [4.69, 9.17) is 5.73 Å². The number of benzene rings is 1. The number of nitrogens with one attached hydrogen (secondary N) is 1. The number of nitrogens with zero attached hydrogens (tertiary/aromatic N) is 1. The molecule has 5 N–H and O–H groups in total. The molecule has 0 saturated heterocycles. The minimum Gasteiger partial charge on any atom is -0.412 e. The zero-order valence-electron chi connectivity index (χ0n) is 9.10. The minimum absolute atomic E-state index is 0. The summed E-state index contributed by atoms with van der Waals surface area (Å²) in [5.41, 5.74) is 6.91. The summed E-state index contributed by atoms with van der Waals surface area (Å²) in [6.45, 7) is 1.99. The van der Waals surface area contributed by atoms with Crippen LogP contribution in [-0.4, -0.2) is 19.7 Å². The molecular weight excluding hydrogens is 266 g/mol. The summed E-state index contributed by atoms with van der Waals surface area (Å²) in [5.74, 6) is 0.372. The highest BCUT2D eigenvalue weighted by Gasteiger charge is 2.22. The standard InChI is InChI=1S/C9H11N3O2S.ClH.H2O/c1-6-11-8-4-7(5-10)2-3-9(8)15(13,14)12-6;;/h2-4H,5,10H2,1H3,(H,11,12);1H;1H2. The first-order valence-corrected chi connectivity index (χ1v) is 5.88. The number of rotatable bonds is 1. The Morgan fingerprint density at radius 2 is 2.06 bits per heavy atom. The smallest absolute Gasteiger partial charge is 0.286 e. The van der Waals surface area contributed by atoms with E-state index in [1.54, 1.807) is 19.1 Å². The van der Waals surface area contributed by atoms with Gasteiger partial charge in [-0.2, -0.15) is 8.42 Å². The maximum absolute atomic E-state index is 11.6. The zero-order chi connectivity index (χ0) is 11.1. The molecule has 0 fully saturated rings. The van der Waals surface area contributed by atoms with E-state index in [1.807, 2.05) is 0 Å². The molecule has 0 spiro atoms. The third-order valence-corrected chi connectivity index (χ3v) is 3.56. The molecule has 17 heavy (non-hydrogen) atoms. The van der Waals surface area contributed by atoms with Gasteiger partial charge in [0.25, 0.3) is 10.0 Å². The largest absolute Gasteiger partial charge is 0.412 e. The van der Waals surface area contributed by atoms with Crippen molar-refractivity contribution < 1.29 is 13.9 Å². The lowest BCUT2D eigenvalue weighted by Gasteiger charge is -2.16. The molecule has 1 aliphatic heterocycles. The van der Waals surface area contributed by atoms with Crippen LogP contribution in [-0.2, 0) is 16.6 Å². The van der Waals surface area contributed by atoms with Crippen molar-refractivity contribution in [2.24, 2.45) is 10.1 Å². The van der Waals surface area contributed by atoms with Gasteiger partial charge in [0.05, 0.1) is 5.69 Å². The Hall–Kier alpha value is -1.15. The van der Waals surface area contributed by atoms with Gasteiger partial charge in [0, 0.05) is 6.54 Å². The lowest BCUT2D eigenvalue weighted by atomic mass is 10.2. The van der Waals surface area contributed by atoms with E-state index in [0.717, 1.165) is 5.56 Å². The molecule has 0 saturated carbocycles. The van der Waals surface area contributed by atoms with Gasteiger partial charge < -0.3 is 16.5 Å². The monoisotopic (exact) mass is 279 g/mol. The fourth-order valence-corrected chi connectivity index (χ4v) is 2.61. The molecule has 8 heteroatoms. The molecule has 0 aliphatic carbocycles. The van der Waals surface area contributed by atoms with Crippen LogP contribution in [0.15, 0.2) is 27.5 Å². The van der Waals surface area contributed by atoms with Gasteiger partial charge in [-0.25, -0.2) is 0 Å². The molecule has 6 nitrogen and oxygen atoms in total. The summed E-state index contributed by atoms with van der Waals surface area (Å²) in [5, 5.41) is 2.91. The van der Waals surface area contributed by atoms with Crippen molar-refractivity contribution >= 4 is 34.0 Å². The quantitative estimate of drug-likeness (QED) is 0.767. The fraction of sp³-hybridized carbons (Fsp3) is 0.222. The first kappa shape index (κ1) is 15.9. The number of fused-ring (bicyclic) bond motifs is 1. The van der Waals surface area contributed by atoms with E-state index in [9.17, 15) is 8.42 Å². The third kappa shape index (κ3) is 2.95. The normalized spacial score (nSPS) is 15.5. The Labute approximate surface area is 106 Å². The summed E-state index contributed by atoms with van der Waals surface area (Å²) in [6.07, 6.45) is 0. The average molecular weight is 280 g/mol. The lowest BCUT2D eigenvalue weighted by Crippen LogP contribution is -2.18. The van der Waals surface area contributed by atoms with Crippen LogP contribution in [0, 0.1) is 0 Å². The van der Waals surface area contributed by atoms with Gasteiger partial charge in [-0.3, -0.25) is 0 Å². The van der Waals surface area contributed by atoms with Crippen molar-refractivity contribution in [1.82, 2.24) is 0 Å². The molecule has 0 radical (unpaired) electrons. The number of nitrogens with two attached hydrogens (primary N) is 1. The molecule has 1 aliphatic rings. The minimum atomic E-state index is -3.53. The summed E-state index contributed by atoms with van der Waals surface area (Å²) in [6, 6.07) is 4.94. The molecule has 0 aromatic heterocycles. The number of sulfonamides is 1. The summed E-state index contributed by atoms with van der Waals surface area (Å²) < 4.78 is 26.8. The molecule has 96 valence electrons. The van der Waals surface area contributed by atoms with Crippen LogP contribution >= 0.6 is 12.4 Å². The summed E-state index contributed by atoms with van der Waals surface area (Å²) in [4.78, 5) is 0.199. The second-order valence-corrected chi connectivity index (χ2v) is 4.88. The number of amidine groups is 1. The molecule has 0 unspecified atom stereocenters. The van der Waals surface area contributed by atoms with Crippen LogP contribution < -0.4 is 11.1 Å². The molecule has 0 bridgehead atoms. The Kier molecular flexibility index (Phi) is 5.09. The Balaban J connectivity index is 0.00000128. The maximum atomic E-state index is 11.6. The van der Waals surface area contributed by atoms with Crippen molar-refractivity contribution in [3.05, 3.63) is 23.8 Å². The molecule has 1 heterocycles. The van der Waals surface area contributed by atoms with Gasteiger partial charge in [0.15, 0.2) is 0 Å². The van der Waals surface area contributed by atoms with E-state index in [1.165, 1.54) is 6.07 Å². The maximum Gasteiger partial charge on any atom is 0.286 e. The van der Waals surface area contributed by atoms with Gasteiger partial charge >= 0.3 is 0 Å². The van der Waals surface area contributed by atoms with Crippen molar-refractivity contribution in [3.8, 4) is 0 Å². The Morgan fingerprint density at radius 3 is 2.65 bits per heavy atom. The van der Waals surface area contributed by atoms with E-state index in [2.05, 4.69) is 9.71 Å². The number of hydrogen-bond donors (Lipinski definition) is 2. The average Bonchev–Trinajstić information content (AvgIpc) is 2.15. The van der Waals surface area contributed by atoms with Crippen LogP contribution in [0.2, 0.25) is 0 Å².